The Morgan fingerprint density at radius 2 is 2.00 bits per heavy atom. The molecule has 2 fully saturated rings. The van der Waals surface area contributed by atoms with Crippen molar-refractivity contribution in [1.82, 2.24) is 34.8 Å². The van der Waals surface area contributed by atoms with Crippen LogP contribution in [0.2, 0.25) is 0 Å². The van der Waals surface area contributed by atoms with E-state index in [-0.39, 0.29) is 0 Å². The third-order valence-electron chi connectivity index (χ3n) is 6.18. The van der Waals surface area contributed by atoms with Gasteiger partial charge in [-0.2, -0.15) is 5.10 Å². The zero-order chi connectivity index (χ0) is 19.5. The van der Waals surface area contributed by atoms with Gasteiger partial charge in [0.1, 0.15) is 12.4 Å². The van der Waals surface area contributed by atoms with E-state index in [1.54, 1.807) is 0 Å². The van der Waals surface area contributed by atoms with Crippen LogP contribution in [0.15, 0.2) is 17.4 Å². The molecule has 2 aliphatic rings. The Bertz CT molecular complexity index is 814. The number of nitrogens with zero attached hydrogens (tertiary/aromatic N) is 7. The standard InChI is InChI=1S/C20H32N8/c1-15-24-25-19(27(15)3)12-21-20(23-18-7-5-4-6-8-18)28-10-9-16(14-28)17-11-22-26(2)13-17/h11,13,16,18H,4-10,12,14H2,1-3H3,(H,21,23). The predicted octanol–water partition coefficient (Wildman–Crippen LogP) is 2.12. The first-order valence-electron chi connectivity index (χ1n) is 10.5. The van der Waals surface area contributed by atoms with Crippen molar-refractivity contribution in [1.29, 1.82) is 0 Å². The smallest absolute Gasteiger partial charge is 0.194 e. The molecule has 1 saturated heterocycles. The van der Waals surface area contributed by atoms with Gasteiger partial charge in [-0.1, -0.05) is 19.3 Å². The number of hydrogen-bond acceptors (Lipinski definition) is 4. The highest BCUT2D eigenvalue weighted by atomic mass is 15.3. The zero-order valence-corrected chi connectivity index (χ0v) is 17.3. The molecule has 1 aliphatic carbocycles. The summed E-state index contributed by atoms with van der Waals surface area (Å²) in [5, 5.41) is 16.6. The van der Waals surface area contributed by atoms with E-state index in [4.69, 9.17) is 4.99 Å². The Kier molecular flexibility index (Phi) is 5.64. The lowest BCUT2D eigenvalue weighted by Crippen LogP contribution is -2.45. The summed E-state index contributed by atoms with van der Waals surface area (Å²) in [6.07, 6.45) is 11.7. The van der Waals surface area contributed by atoms with Crippen LogP contribution in [0.3, 0.4) is 0 Å². The molecule has 3 heterocycles. The molecular weight excluding hydrogens is 352 g/mol. The monoisotopic (exact) mass is 384 g/mol. The summed E-state index contributed by atoms with van der Waals surface area (Å²) < 4.78 is 3.91. The van der Waals surface area contributed by atoms with Gasteiger partial charge >= 0.3 is 0 Å². The molecule has 0 aromatic carbocycles. The van der Waals surface area contributed by atoms with Gasteiger partial charge in [-0.3, -0.25) is 4.68 Å². The molecule has 0 bridgehead atoms. The second-order valence-corrected chi connectivity index (χ2v) is 8.22. The van der Waals surface area contributed by atoms with E-state index < -0.39 is 0 Å². The minimum absolute atomic E-state index is 0.518. The van der Waals surface area contributed by atoms with Crippen LogP contribution in [0.4, 0.5) is 0 Å². The van der Waals surface area contributed by atoms with E-state index >= 15 is 0 Å². The van der Waals surface area contributed by atoms with Crippen molar-refractivity contribution >= 4 is 5.96 Å². The molecule has 0 radical (unpaired) electrons. The maximum atomic E-state index is 4.96. The highest BCUT2D eigenvalue weighted by Crippen LogP contribution is 2.27. The highest BCUT2D eigenvalue weighted by molar-refractivity contribution is 5.80. The minimum Gasteiger partial charge on any atom is -0.353 e. The van der Waals surface area contributed by atoms with Gasteiger partial charge in [-0.15, -0.1) is 10.2 Å². The van der Waals surface area contributed by atoms with Crippen molar-refractivity contribution in [3.63, 3.8) is 0 Å². The molecule has 28 heavy (non-hydrogen) atoms. The van der Waals surface area contributed by atoms with E-state index in [9.17, 15) is 0 Å². The number of guanidine groups is 1. The number of rotatable bonds is 4. The van der Waals surface area contributed by atoms with Crippen LogP contribution >= 0.6 is 0 Å². The fourth-order valence-corrected chi connectivity index (χ4v) is 4.28. The van der Waals surface area contributed by atoms with Gasteiger partial charge in [0.15, 0.2) is 11.8 Å². The van der Waals surface area contributed by atoms with Crippen LogP contribution in [-0.2, 0) is 20.6 Å². The molecule has 2 aromatic rings. The Hall–Kier alpha value is -2.38. The first-order chi connectivity index (χ1) is 13.6. The van der Waals surface area contributed by atoms with E-state index in [0.29, 0.717) is 18.5 Å². The summed E-state index contributed by atoms with van der Waals surface area (Å²) in [4.78, 5) is 7.38. The first kappa shape index (κ1) is 19.0. The Balaban J connectivity index is 1.48. The Morgan fingerprint density at radius 3 is 2.68 bits per heavy atom. The molecule has 2 aromatic heterocycles. The van der Waals surface area contributed by atoms with E-state index in [2.05, 4.69) is 31.7 Å². The zero-order valence-electron chi connectivity index (χ0n) is 17.3. The van der Waals surface area contributed by atoms with Gasteiger partial charge in [-0.05, 0) is 31.7 Å². The molecule has 0 amide bonds. The fourth-order valence-electron chi connectivity index (χ4n) is 4.28. The average Bonchev–Trinajstić information content (AvgIpc) is 3.42. The molecule has 1 aliphatic heterocycles. The van der Waals surface area contributed by atoms with E-state index in [1.165, 1.54) is 37.7 Å². The number of aromatic nitrogens is 5. The van der Waals surface area contributed by atoms with Crippen LogP contribution in [0.5, 0.6) is 0 Å². The third kappa shape index (κ3) is 4.20. The van der Waals surface area contributed by atoms with Crippen molar-refractivity contribution in [3.05, 3.63) is 29.6 Å². The van der Waals surface area contributed by atoms with Crippen molar-refractivity contribution < 1.29 is 0 Å². The second kappa shape index (κ2) is 8.32. The number of aryl methyl sites for hydroxylation is 2. The molecule has 0 spiro atoms. The number of nitrogens with one attached hydrogen (secondary N) is 1. The molecule has 1 saturated carbocycles. The first-order valence-corrected chi connectivity index (χ1v) is 10.5. The molecule has 1 atom stereocenters. The average molecular weight is 385 g/mol. The predicted molar refractivity (Wildman–Crippen MR) is 109 cm³/mol. The van der Waals surface area contributed by atoms with E-state index in [0.717, 1.165) is 37.1 Å². The molecule has 8 nitrogen and oxygen atoms in total. The van der Waals surface area contributed by atoms with Gasteiger partial charge in [0.25, 0.3) is 0 Å². The van der Waals surface area contributed by atoms with Crippen molar-refractivity contribution in [3.8, 4) is 0 Å². The summed E-state index contributed by atoms with van der Waals surface area (Å²) in [6, 6.07) is 0.533. The van der Waals surface area contributed by atoms with Gasteiger partial charge in [-0.25, -0.2) is 4.99 Å². The molecule has 1 unspecified atom stereocenters. The summed E-state index contributed by atoms with van der Waals surface area (Å²) in [7, 11) is 3.99. The van der Waals surface area contributed by atoms with Gasteiger partial charge in [0, 0.05) is 45.3 Å². The van der Waals surface area contributed by atoms with Crippen LogP contribution in [0.25, 0.3) is 0 Å². The third-order valence-corrected chi connectivity index (χ3v) is 6.18. The lowest BCUT2D eigenvalue weighted by atomic mass is 9.96. The Morgan fingerprint density at radius 1 is 1.18 bits per heavy atom. The summed E-state index contributed by atoms with van der Waals surface area (Å²) in [6.45, 7) is 4.54. The van der Waals surface area contributed by atoms with Crippen LogP contribution in [-0.4, -0.2) is 54.5 Å². The summed E-state index contributed by atoms with van der Waals surface area (Å²) in [5.41, 5.74) is 1.32. The van der Waals surface area contributed by atoms with Crippen LogP contribution in [0.1, 0.15) is 61.7 Å². The fraction of sp³-hybridized carbons (Fsp3) is 0.700. The molecular formula is C20H32N8. The van der Waals surface area contributed by atoms with Crippen molar-refractivity contribution in [2.45, 2.75) is 64.0 Å². The van der Waals surface area contributed by atoms with Gasteiger partial charge < -0.3 is 14.8 Å². The Labute approximate surface area is 167 Å². The largest absolute Gasteiger partial charge is 0.353 e. The lowest BCUT2D eigenvalue weighted by Gasteiger charge is -2.29. The number of aliphatic imine (C=N–C) groups is 1. The normalized spacial score (nSPS) is 21.5. The SMILES string of the molecule is Cc1nnc(CN=C(NC2CCCCC2)N2CCC(c3cnn(C)c3)C2)n1C. The van der Waals surface area contributed by atoms with Crippen molar-refractivity contribution in [2.75, 3.05) is 13.1 Å². The number of likely N-dealkylation sites (tertiary alicyclic amines) is 1. The summed E-state index contributed by atoms with van der Waals surface area (Å²) in [5.74, 6) is 3.37. The maximum Gasteiger partial charge on any atom is 0.194 e. The van der Waals surface area contributed by atoms with Crippen molar-refractivity contribution in [2.24, 2.45) is 19.1 Å². The topological polar surface area (TPSA) is 76.2 Å². The summed E-state index contributed by atoms with van der Waals surface area (Å²) >= 11 is 0. The van der Waals surface area contributed by atoms with Gasteiger partial charge in [0.2, 0.25) is 0 Å². The quantitative estimate of drug-likeness (QED) is 0.645. The number of hydrogen-bond donors (Lipinski definition) is 1. The molecule has 1 N–H and O–H groups in total. The highest BCUT2D eigenvalue weighted by Gasteiger charge is 2.28. The van der Waals surface area contributed by atoms with Crippen LogP contribution < -0.4 is 5.32 Å². The molecule has 4 rings (SSSR count). The maximum absolute atomic E-state index is 4.96. The lowest BCUT2D eigenvalue weighted by molar-refractivity contribution is 0.388. The molecule has 152 valence electrons. The molecule has 8 heteroatoms. The van der Waals surface area contributed by atoms with Gasteiger partial charge in [0.05, 0.1) is 6.20 Å². The van der Waals surface area contributed by atoms with E-state index in [1.807, 2.05) is 36.5 Å². The minimum atomic E-state index is 0.518. The van der Waals surface area contributed by atoms with Crippen LogP contribution in [0, 0.1) is 6.92 Å². The second-order valence-electron chi connectivity index (χ2n) is 8.22.